The molecule has 0 unspecified atom stereocenters. The molecule has 1 aromatic heterocycles. The van der Waals surface area contributed by atoms with Gasteiger partial charge in [-0.2, -0.15) is 0 Å². The summed E-state index contributed by atoms with van der Waals surface area (Å²) in [6.07, 6.45) is 2.22. The number of rotatable bonds is 10. The van der Waals surface area contributed by atoms with Crippen LogP contribution in [0.25, 0.3) is 10.9 Å². The molecule has 6 nitrogen and oxygen atoms in total. The zero-order valence-corrected chi connectivity index (χ0v) is 20.3. The minimum Gasteiger partial charge on any atom is -0.387 e. The van der Waals surface area contributed by atoms with Gasteiger partial charge in [0.05, 0.1) is 11.0 Å². The van der Waals surface area contributed by atoms with Crippen molar-refractivity contribution in [1.82, 2.24) is 9.88 Å². The van der Waals surface area contributed by atoms with E-state index in [0.717, 1.165) is 13.0 Å². The van der Waals surface area contributed by atoms with Crippen molar-refractivity contribution < 1.29 is 13.5 Å². The lowest BCUT2D eigenvalue weighted by atomic mass is 9.99. The van der Waals surface area contributed by atoms with Crippen molar-refractivity contribution in [2.75, 3.05) is 11.3 Å². The van der Waals surface area contributed by atoms with E-state index < -0.39 is 16.1 Å². The van der Waals surface area contributed by atoms with Gasteiger partial charge in [-0.3, -0.25) is 4.72 Å². The van der Waals surface area contributed by atoms with Gasteiger partial charge < -0.3 is 15.0 Å². The highest BCUT2D eigenvalue weighted by atomic mass is 32.2. The molecule has 0 fully saturated rings. The van der Waals surface area contributed by atoms with Crippen LogP contribution in [0.4, 0.5) is 5.69 Å². The summed E-state index contributed by atoms with van der Waals surface area (Å²) in [4.78, 5) is 0.194. The number of para-hydroxylation sites is 1. The molecule has 3 N–H and O–H groups in total. The molecule has 7 heteroatoms. The van der Waals surface area contributed by atoms with E-state index in [1.807, 2.05) is 12.1 Å². The van der Waals surface area contributed by atoms with E-state index in [4.69, 9.17) is 0 Å². The average Bonchev–Trinajstić information content (AvgIpc) is 3.25. The zero-order chi connectivity index (χ0) is 24.2. The number of aliphatic hydroxyl groups excluding tert-OH is 1. The standard InChI is InChI=1S/C27H31N3O3S/c1-27(2,16-18-30-17-15-21-9-6-7-14-25(21)30)28-20-26(31)22-10-8-11-23(19-22)29-34(32,33)24-12-4-3-5-13-24/h3-15,17,19,26,28-29,31H,16,18,20H2,1-2H3/t26-/m0/s1. The van der Waals surface area contributed by atoms with Crippen LogP contribution < -0.4 is 10.0 Å². The fourth-order valence-corrected chi connectivity index (χ4v) is 5.01. The molecule has 0 amide bonds. The molecular weight excluding hydrogens is 446 g/mol. The number of anilines is 1. The highest BCUT2D eigenvalue weighted by Gasteiger charge is 2.20. The summed E-state index contributed by atoms with van der Waals surface area (Å²) in [6.45, 7) is 5.46. The van der Waals surface area contributed by atoms with Gasteiger partial charge in [-0.05, 0) is 67.6 Å². The predicted molar refractivity (Wildman–Crippen MR) is 137 cm³/mol. The SMILES string of the molecule is CC(C)(CCn1ccc2ccccc21)NC[C@H](O)c1cccc(NS(=O)(=O)c2ccccc2)c1. The van der Waals surface area contributed by atoms with E-state index in [0.29, 0.717) is 17.8 Å². The van der Waals surface area contributed by atoms with E-state index in [2.05, 4.69) is 52.8 Å². The van der Waals surface area contributed by atoms with Gasteiger partial charge >= 0.3 is 0 Å². The summed E-state index contributed by atoms with van der Waals surface area (Å²) in [7, 11) is -3.69. The fraction of sp³-hybridized carbons (Fsp3) is 0.259. The van der Waals surface area contributed by atoms with Crippen molar-refractivity contribution in [3.05, 3.63) is 96.7 Å². The van der Waals surface area contributed by atoms with E-state index in [1.165, 1.54) is 10.9 Å². The lowest BCUT2D eigenvalue weighted by Gasteiger charge is -2.28. The number of hydrogen-bond acceptors (Lipinski definition) is 4. The molecule has 4 aromatic rings. The number of nitrogens with zero attached hydrogens (tertiary/aromatic N) is 1. The van der Waals surface area contributed by atoms with Crippen molar-refractivity contribution in [3.63, 3.8) is 0 Å². The predicted octanol–water partition coefficient (Wildman–Crippen LogP) is 4.93. The normalized spacial score (nSPS) is 13.1. The lowest BCUT2D eigenvalue weighted by molar-refractivity contribution is 0.158. The van der Waals surface area contributed by atoms with Crippen LogP contribution in [0.5, 0.6) is 0 Å². The van der Waals surface area contributed by atoms with Crippen LogP contribution in [0.15, 0.2) is 96.0 Å². The highest BCUT2D eigenvalue weighted by Crippen LogP contribution is 2.22. The monoisotopic (exact) mass is 477 g/mol. The molecule has 0 aliphatic rings. The van der Waals surface area contributed by atoms with Crippen LogP contribution in [-0.2, 0) is 16.6 Å². The van der Waals surface area contributed by atoms with Crippen LogP contribution in [0.1, 0.15) is 31.9 Å². The molecule has 0 aliphatic carbocycles. The Labute approximate surface area is 201 Å². The Morgan fingerprint density at radius 1 is 0.941 bits per heavy atom. The van der Waals surface area contributed by atoms with Crippen LogP contribution in [0.2, 0.25) is 0 Å². The zero-order valence-electron chi connectivity index (χ0n) is 19.5. The number of nitrogens with one attached hydrogen (secondary N) is 2. The van der Waals surface area contributed by atoms with Crippen LogP contribution in [0, 0.1) is 0 Å². The molecule has 1 heterocycles. The third-order valence-corrected chi connectivity index (χ3v) is 7.41. The summed E-state index contributed by atoms with van der Waals surface area (Å²) in [5.74, 6) is 0. The fourth-order valence-electron chi connectivity index (χ4n) is 3.94. The van der Waals surface area contributed by atoms with Gasteiger partial charge in [0.15, 0.2) is 0 Å². The second-order valence-electron chi connectivity index (χ2n) is 9.14. The van der Waals surface area contributed by atoms with E-state index in [9.17, 15) is 13.5 Å². The van der Waals surface area contributed by atoms with Gasteiger partial charge in [-0.15, -0.1) is 0 Å². The molecule has 0 spiro atoms. The average molecular weight is 478 g/mol. The van der Waals surface area contributed by atoms with E-state index in [1.54, 1.807) is 54.6 Å². The molecule has 0 bridgehead atoms. The Kier molecular flexibility index (Phi) is 7.07. The number of benzene rings is 3. The first-order chi connectivity index (χ1) is 16.2. The molecule has 0 radical (unpaired) electrons. The van der Waals surface area contributed by atoms with Crippen molar-refractivity contribution >= 4 is 26.6 Å². The quantitative estimate of drug-likeness (QED) is 0.302. The van der Waals surface area contributed by atoms with E-state index in [-0.39, 0.29) is 10.4 Å². The van der Waals surface area contributed by atoms with Gasteiger partial charge in [0, 0.05) is 36.0 Å². The Morgan fingerprint density at radius 2 is 1.68 bits per heavy atom. The summed E-state index contributed by atoms with van der Waals surface area (Å²) < 4.78 is 30.0. The minimum atomic E-state index is -3.69. The molecule has 34 heavy (non-hydrogen) atoms. The number of aryl methyl sites for hydroxylation is 1. The number of aromatic nitrogens is 1. The summed E-state index contributed by atoms with van der Waals surface area (Å²) in [5.41, 5.74) is 2.08. The molecule has 0 aliphatic heterocycles. The van der Waals surface area contributed by atoms with Crippen molar-refractivity contribution in [2.24, 2.45) is 0 Å². The smallest absolute Gasteiger partial charge is 0.261 e. The first-order valence-electron chi connectivity index (χ1n) is 11.4. The highest BCUT2D eigenvalue weighted by molar-refractivity contribution is 7.92. The van der Waals surface area contributed by atoms with Gasteiger partial charge in [0.2, 0.25) is 0 Å². The molecule has 178 valence electrons. The van der Waals surface area contributed by atoms with Crippen molar-refractivity contribution in [1.29, 1.82) is 0 Å². The maximum atomic E-state index is 12.6. The van der Waals surface area contributed by atoms with Crippen molar-refractivity contribution in [3.8, 4) is 0 Å². The third kappa shape index (κ3) is 5.86. The Hall–Kier alpha value is -3.13. The van der Waals surface area contributed by atoms with Crippen LogP contribution in [0.3, 0.4) is 0 Å². The Bertz CT molecular complexity index is 1350. The van der Waals surface area contributed by atoms with Gasteiger partial charge in [-0.1, -0.05) is 48.5 Å². The Balaban J connectivity index is 1.35. The lowest BCUT2D eigenvalue weighted by Crippen LogP contribution is -2.42. The summed E-state index contributed by atoms with van der Waals surface area (Å²) in [5, 5.41) is 15.5. The topological polar surface area (TPSA) is 83.4 Å². The number of aliphatic hydroxyl groups is 1. The first kappa shape index (κ1) is 24.0. The van der Waals surface area contributed by atoms with Gasteiger partial charge in [0.1, 0.15) is 0 Å². The maximum absolute atomic E-state index is 12.6. The second-order valence-corrected chi connectivity index (χ2v) is 10.8. The molecule has 1 atom stereocenters. The Morgan fingerprint density at radius 3 is 2.47 bits per heavy atom. The molecule has 4 rings (SSSR count). The van der Waals surface area contributed by atoms with Gasteiger partial charge in [-0.25, -0.2) is 8.42 Å². The van der Waals surface area contributed by atoms with Crippen LogP contribution in [-0.4, -0.2) is 30.2 Å². The minimum absolute atomic E-state index is 0.194. The summed E-state index contributed by atoms with van der Waals surface area (Å²) >= 11 is 0. The number of fused-ring (bicyclic) bond motifs is 1. The van der Waals surface area contributed by atoms with E-state index >= 15 is 0 Å². The molecule has 0 saturated carbocycles. The van der Waals surface area contributed by atoms with Crippen LogP contribution >= 0.6 is 0 Å². The number of sulfonamides is 1. The molecule has 0 saturated heterocycles. The molecular formula is C27H31N3O3S. The number of hydrogen-bond donors (Lipinski definition) is 3. The third-order valence-electron chi connectivity index (χ3n) is 6.01. The summed E-state index contributed by atoms with van der Waals surface area (Å²) in [6, 6.07) is 25.6. The van der Waals surface area contributed by atoms with Crippen molar-refractivity contribution in [2.45, 2.75) is 43.4 Å². The first-order valence-corrected chi connectivity index (χ1v) is 12.9. The molecule has 3 aromatic carbocycles. The maximum Gasteiger partial charge on any atom is 0.261 e. The number of β-amino-alcohol motifs (C(OH)–C–C–N with tert-alkyl or cyclic N) is 1. The van der Waals surface area contributed by atoms with Gasteiger partial charge in [0.25, 0.3) is 10.0 Å². The second kappa shape index (κ2) is 10.0. The largest absolute Gasteiger partial charge is 0.387 e.